The minimum Gasteiger partial charge on any atom is -0.497 e. The minimum absolute atomic E-state index is 0.00872. The number of nitrogens with zero attached hydrogens (tertiary/aromatic N) is 1. The molecule has 2 rings (SSSR count). The number of anilines is 1. The molecule has 1 N–H and O–H groups in total. The molecule has 0 atom stereocenters. The fourth-order valence-corrected chi connectivity index (χ4v) is 2.13. The van der Waals surface area contributed by atoms with Crippen molar-refractivity contribution in [3.05, 3.63) is 58.1 Å². The number of nitro groups is 1. The van der Waals surface area contributed by atoms with Crippen molar-refractivity contribution >= 4 is 17.3 Å². The molecule has 0 fully saturated rings. The van der Waals surface area contributed by atoms with Crippen LogP contribution in [0.2, 0.25) is 0 Å². The van der Waals surface area contributed by atoms with E-state index in [1.165, 1.54) is 19.2 Å². The van der Waals surface area contributed by atoms with Crippen molar-refractivity contribution in [1.29, 1.82) is 0 Å². The SMILES string of the molecule is CCOc1ccc(OC)cc1NC(=O)Cc1ccc([N+](=O)[O-])cc1. The summed E-state index contributed by atoms with van der Waals surface area (Å²) in [5.41, 5.74) is 1.19. The Bertz CT molecular complexity index is 728. The predicted molar refractivity (Wildman–Crippen MR) is 89.6 cm³/mol. The lowest BCUT2D eigenvalue weighted by atomic mass is 10.1. The van der Waals surface area contributed by atoms with E-state index in [4.69, 9.17) is 9.47 Å². The Kier molecular flexibility index (Phi) is 5.73. The van der Waals surface area contributed by atoms with Crippen molar-refractivity contribution in [2.45, 2.75) is 13.3 Å². The van der Waals surface area contributed by atoms with Gasteiger partial charge in [-0.15, -0.1) is 0 Å². The molecule has 7 heteroatoms. The summed E-state index contributed by atoms with van der Waals surface area (Å²) in [7, 11) is 1.54. The first-order valence-corrected chi connectivity index (χ1v) is 7.37. The number of hydrogen-bond acceptors (Lipinski definition) is 5. The van der Waals surface area contributed by atoms with E-state index >= 15 is 0 Å². The standard InChI is InChI=1S/C17H18N2O5/c1-3-24-16-9-8-14(23-2)11-15(16)18-17(20)10-12-4-6-13(7-5-12)19(21)22/h4-9,11H,3,10H2,1-2H3,(H,18,20). The zero-order valence-corrected chi connectivity index (χ0v) is 13.4. The van der Waals surface area contributed by atoms with Crippen LogP contribution < -0.4 is 14.8 Å². The molecule has 7 nitrogen and oxygen atoms in total. The molecule has 0 aromatic heterocycles. The molecule has 0 radical (unpaired) electrons. The van der Waals surface area contributed by atoms with Gasteiger partial charge in [0.25, 0.3) is 5.69 Å². The number of carbonyl (C=O) groups is 1. The highest BCUT2D eigenvalue weighted by Gasteiger charge is 2.11. The Morgan fingerprint density at radius 2 is 1.92 bits per heavy atom. The highest BCUT2D eigenvalue weighted by Crippen LogP contribution is 2.29. The second-order valence-corrected chi connectivity index (χ2v) is 4.94. The van der Waals surface area contributed by atoms with Crippen molar-refractivity contribution in [3.8, 4) is 11.5 Å². The lowest BCUT2D eigenvalue weighted by Gasteiger charge is -2.13. The molecule has 0 bridgehead atoms. The third-order valence-corrected chi connectivity index (χ3v) is 3.27. The van der Waals surface area contributed by atoms with Crippen LogP contribution in [0.5, 0.6) is 11.5 Å². The summed E-state index contributed by atoms with van der Waals surface area (Å²) in [6.45, 7) is 2.32. The number of methoxy groups -OCH3 is 1. The number of non-ortho nitro benzene ring substituents is 1. The van der Waals surface area contributed by atoms with E-state index in [0.29, 0.717) is 29.4 Å². The van der Waals surface area contributed by atoms with Gasteiger partial charge in [0.15, 0.2) is 0 Å². The molecule has 0 heterocycles. The van der Waals surface area contributed by atoms with E-state index in [2.05, 4.69) is 5.32 Å². The van der Waals surface area contributed by atoms with Gasteiger partial charge in [0.2, 0.25) is 5.91 Å². The van der Waals surface area contributed by atoms with Gasteiger partial charge in [-0.3, -0.25) is 14.9 Å². The van der Waals surface area contributed by atoms with Gasteiger partial charge in [-0.05, 0) is 24.6 Å². The molecule has 0 spiro atoms. The quantitative estimate of drug-likeness (QED) is 0.622. The van der Waals surface area contributed by atoms with E-state index in [1.54, 1.807) is 30.3 Å². The molecule has 0 saturated heterocycles. The zero-order chi connectivity index (χ0) is 17.5. The zero-order valence-electron chi connectivity index (χ0n) is 13.4. The third kappa shape index (κ3) is 4.45. The van der Waals surface area contributed by atoms with Crippen LogP contribution in [-0.2, 0) is 11.2 Å². The van der Waals surface area contributed by atoms with Crippen molar-refractivity contribution in [3.63, 3.8) is 0 Å². The number of rotatable bonds is 7. The van der Waals surface area contributed by atoms with Crippen molar-refractivity contribution in [2.75, 3.05) is 19.0 Å². The normalized spacial score (nSPS) is 10.1. The lowest BCUT2D eigenvalue weighted by Crippen LogP contribution is -2.15. The monoisotopic (exact) mass is 330 g/mol. The summed E-state index contributed by atoms with van der Waals surface area (Å²) in [6.07, 6.45) is 0.0980. The van der Waals surface area contributed by atoms with E-state index in [0.717, 1.165) is 0 Å². The van der Waals surface area contributed by atoms with Crippen LogP contribution >= 0.6 is 0 Å². The Hall–Kier alpha value is -3.09. The Labute approximate surface area is 139 Å². The van der Waals surface area contributed by atoms with E-state index < -0.39 is 4.92 Å². The first-order valence-electron chi connectivity index (χ1n) is 7.37. The maximum atomic E-state index is 12.2. The number of hydrogen-bond donors (Lipinski definition) is 1. The van der Waals surface area contributed by atoms with Gasteiger partial charge in [0.1, 0.15) is 11.5 Å². The molecule has 0 aliphatic carbocycles. The average molecular weight is 330 g/mol. The van der Waals surface area contributed by atoms with Crippen molar-refractivity contribution in [1.82, 2.24) is 0 Å². The topological polar surface area (TPSA) is 90.7 Å². The molecule has 0 aliphatic rings. The van der Waals surface area contributed by atoms with Gasteiger partial charge < -0.3 is 14.8 Å². The molecular formula is C17H18N2O5. The van der Waals surface area contributed by atoms with Gasteiger partial charge in [0, 0.05) is 18.2 Å². The van der Waals surface area contributed by atoms with Crippen LogP contribution in [0, 0.1) is 10.1 Å². The van der Waals surface area contributed by atoms with E-state index in [9.17, 15) is 14.9 Å². The second kappa shape index (κ2) is 7.96. The van der Waals surface area contributed by atoms with Crippen LogP contribution in [0.25, 0.3) is 0 Å². The molecule has 126 valence electrons. The highest BCUT2D eigenvalue weighted by molar-refractivity contribution is 5.94. The summed E-state index contributed by atoms with van der Waals surface area (Å²) >= 11 is 0. The second-order valence-electron chi connectivity index (χ2n) is 4.94. The molecule has 0 saturated carbocycles. The Morgan fingerprint density at radius 3 is 2.50 bits per heavy atom. The highest BCUT2D eigenvalue weighted by atomic mass is 16.6. The molecular weight excluding hydrogens is 312 g/mol. The Balaban J connectivity index is 2.09. The minimum atomic E-state index is -0.478. The number of nitrogens with one attached hydrogen (secondary N) is 1. The molecule has 0 aliphatic heterocycles. The van der Waals surface area contributed by atoms with E-state index in [1.807, 2.05) is 6.92 Å². The first-order chi connectivity index (χ1) is 11.5. The van der Waals surface area contributed by atoms with Gasteiger partial charge in [-0.25, -0.2) is 0 Å². The fraction of sp³-hybridized carbons (Fsp3) is 0.235. The maximum Gasteiger partial charge on any atom is 0.269 e. The smallest absolute Gasteiger partial charge is 0.269 e. The first kappa shape index (κ1) is 17.3. The number of amides is 1. The molecule has 0 unspecified atom stereocenters. The van der Waals surface area contributed by atoms with Crippen LogP contribution in [0.1, 0.15) is 12.5 Å². The van der Waals surface area contributed by atoms with Crippen LogP contribution in [-0.4, -0.2) is 24.5 Å². The van der Waals surface area contributed by atoms with Gasteiger partial charge >= 0.3 is 0 Å². The summed E-state index contributed by atoms with van der Waals surface area (Å²) < 4.78 is 10.6. The fourth-order valence-electron chi connectivity index (χ4n) is 2.13. The molecule has 1 amide bonds. The largest absolute Gasteiger partial charge is 0.497 e. The Morgan fingerprint density at radius 1 is 1.21 bits per heavy atom. The van der Waals surface area contributed by atoms with Gasteiger partial charge in [-0.1, -0.05) is 12.1 Å². The molecule has 2 aromatic rings. The summed E-state index contributed by atoms with van der Waals surface area (Å²) in [4.78, 5) is 22.4. The van der Waals surface area contributed by atoms with Gasteiger partial charge in [-0.2, -0.15) is 0 Å². The molecule has 2 aromatic carbocycles. The lowest BCUT2D eigenvalue weighted by molar-refractivity contribution is -0.384. The van der Waals surface area contributed by atoms with Gasteiger partial charge in [0.05, 0.1) is 30.7 Å². The van der Waals surface area contributed by atoms with Crippen molar-refractivity contribution < 1.29 is 19.2 Å². The number of benzene rings is 2. The number of carbonyl (C=O) groups excluding carboxylic acids is 1. The number of nitro benzene ring substituents is 1. The van der Waals surface area contributed by atoms with Crippen LogP contribution in [0.3, 0.4) is 0 Å². The predicted octanol–water partition coefficient (Wildman–Crippen LogP) is 3.18. The summed E-state index contributed by atoms with van der Waals surface area (Å²) in [6, 6.07) is 11.0. The third-order valence-electron chi connectivity index (χ3n) is 3.27. The van der Waals surface area contributed by atoms with Crippen LogP contribution in [0.15, 0.2) is 42.5 Å². The van der Waals surface area contributed by atoms with E-state index in [-0.39, 0.29) is 18.0 Å². The van der Waals surface area contributed by atoms with Crippen LogP contribution in [0.4, 0.5) is 11.4 Å². The van der Waals surface area contributed by atoms with Crippen molar-refractivity contribution in [2.24, 2.45) is 0 Å². The summed E-state index contributed by atoms with van der Waals surface area (Å²) in [5, 5.41) is 13.4. The average Bonchev–Trinajstić information content (AvgIpc) is 2.57. The number of ether oxygens (including phenoxy) is 2. The maximum absolute atomic E-state index is 12.2. The summed E-state index contributed by atoms with van der Waals surface area (Å²) in [5.74, 6) is 0.900. The molecule has 24 heavy (non-hydrogen) atoms.